The fraction of sp³-hybridized carbons (Fsp3) is 0.512. The van der Waals surface area contributed by atoms with Gasteiger partial charge in [0.2, 0.25) is 106 Å². The zero-order valence-corrected chi connectivity index (χ0v) is 75.5. The molecular weight excluding hydrogens is 1760 g/mol. The van der Waals surface area contributed by atoms with Gasteiger partial charge in [-0.25, -0.2) is 9.78 Å². The highest BCUT2D eigenvalue weighted by atomic mass is 32.1. The molecule has 0 unspecified atom stereocenters. The number of carboxylic acids is 1. The van der Waals surface area contributed by atoms with E-state index in [-0.39, 0.29) is 114 Å². The van der Waals surface area contributed by atoms with E-state index in [1.54, 1.807) is 98.8 Å². The predicted molar refractivity (Wildman–Crippen MR) is 484 cm³/mol. The average molecular weight is 1880 g/mol. The van der Waals surface area contributed by atoms with Gasteiger partial charge in [-0.05, 0) is 107 Å². The minimum Gasteiger partial charge on any atom is -0.480 e. The number of thiol groups is 2. The number of aliphatic hydroxyl groups excluding tert-OH is 1. The second-order valence-electron chi connectivity index (χ2n) is 32.8. The van der Waals surface area contributed by atoms with Crippen molar-refractivity contribution in [2.45, 2.75) is 214 Å². The molecule has 18 amide bonds. The molecular formula is C84H121N25O21S2. The second kappa shape index (κ2) is 53.0. The lowest BCUT2D eigenvalue weighted by Gasteiger charge is -2.33. The van der Waals surface area contributed by atoms with Crippen LogP contribution in [0, 0.1) is 5.92 Å². The highest BCUT2D eigenvalue weighted by Gasteiger charge is 2.43. The van der Waals surface area contributed by atoms with Crippen molar-refractivity contribution in [3.8, 4) is 0 Å². The summed E-state index contributed by atoms with van der Waals surface area (Å²) in [6, 6.07) is 4.04. The summed E-state index contributed by atoms with van der Waals surface area (Å²) in [7, 11) is 0. The Labute approximate surface area is 771 Å². The molecule has 0 aliphatic carbocycles. The average Bonchev–Trinajstić information content (AvgIpc) is 1.70. The van der Waals surface area contributed by atoms with Gasteiger partial charge in [-0.1, -0.05) is 86.6 Å². The molecule has 14 atom stereocenters. The number of amides is 18. The third-order valence-corrected chi connectivity index (χ3v) is 21.7. The number of hydrogen-bond donors (Lipinski definition) is 25. The van der Waals surface area contributed by atoms with Crippen LogP contribution in [0.4, 0.5) is 5.69 Å². The molecule has 3 aromatic carbocycles. The van der Waals surface area contributed by atoms with Crippen molar-refractivity contribution in [1.82, 2.24) is 94.2 Å². The molecule has 720 valence electrons. The zero-order valence-electron chi connectivity index (χ0n) is 73.8. The Bertz CT molecular complexity index is 4720. The number of aliphatic hydroxyl groups is 1. The van der Waals surface area contributed by atoms with Crippen LogP contribution in [0.15, 0.2) is 102 Å². The van der Waals surface area contributed by atoms with Gasteiger partial charge in [-0.2, -0.15) is 25.3 Å². The molecule has 2 aliphatic heterocycles. The monoisotopic (exact) mass is 1880 g/mol. The summed E-state index contributed by atoms with van der Waals surface area (Å²) in [4.78, 5) is 272. The first-order valence-corrected chi connectivity index (χ1v) is 43.7. The molecule has 132 heavy (non-hydrogen) atoms. The number of rotatable bonds is 53. The number of H-pyrrole nitrogens is 1. The summed E-state index contributed by atoms with van der Waals surface area (Å²) in [5.41, 5.74) is 35.9. The molecule has 2 fully saturated rings. The second-order valence-corrected chi connectivity index (χ2v) is 34.3. The Morgan fingerprint density at radius 3 is 1.58 bits per heavy atom. The van der Waals surface area contributed by atoms with E-state index in [2.05, 4.69) is 115 Å². The Morgan fingerprint density at radius 1 is 0.523 bits per heavy atom. The number of benzene rings is 3. The van der Waals surface area contributed by atoms with Crippen LogP contribution in [-0.4, -0.2) is 289 Å². The van der Waals surface area contributed by atoms with Crippen molar-refractivity contribution >= 4 is 149 Å². The molecule has 46 nitrogen and oxygen atoms in total. The van der Waals surface area contributed by atoms with Gasteiger partial charge in [0.05, 0.1) is 51.1 Å². The number of aromatic nitrogens is 2. The van der Waals surface area contributed by atoms with E-state index in [0.29, 0.717) is 34.5 Å². The number of nitrogens with one attached hydrogen (secondary N) is 15. The number of likely N-dealkylation sites (tertiary alicyclic amines) is 2. The van der Waals surface area contributed by atoms with Crippen LogP contribution >= 0.6 is 25.3 Å². The number of nitrogen functional groups attached to an aromatic ring is 1. The molecule has 0 spiro atoms. The van der Waals surface area contributed by atoms with Crippen LogP contribution in [0.1, 0.15) is 121 Å². The van der Waals surface area contributed by atoms with Crippen LogP contribution in [-0.2, 0) is 117 Å². The summed E-state index contributed by atoms with van der Waals surface area (Å²) in [5, 5.41) is 55.5. The van der Waals surface area contributed by atoms with Gasteiger partial charge in [-0.15, -0.1) is 0 Å². The lowest BCUT2D eigenvalue weighted by molar-refractivity contribution is -0.148. The van der Waals surface area contributed by atoms with Gasteiger partial charge in [0, 0.05) is 79.8 Å². The SMILES string of the molecule is CC(C)C[C@H](NC(=O)CNC(=O)CNC(=O)[C@H](Cc1ccccc1)NC(=O)[C@H](Cc1cnc[nH]1)NC(=O)CNC(=O)[C@@H](NC(=O)[C@@H](NC(=O)[C@H](Cc1ccccc1)NC(=O)[C@H](CCCN=C(N)N)NC(=O)[C@@H](N)CCC(N)=O)C(C)(C)S)[C@@H](C)O)C(=O)N[C@@H](Cc1ccc(N)cc1)C(=O)N1CCC[C@H]1C(=O)N[C@@H](CS)C(=O)N[C@@H](CC(N)=O)C(=O)NCC(=O)N1CCC[C@H]1C(=O)O. The minimum atomic E-state index is -1.85. The fourth-order valence-corrected chi connectivity index (χ4v) is 14.6. The maximum atomic E-state index is 14.9. The van der Waals surface area contributed by atoms with Crippen molar-refractivity contribution in [3.63, 3.8) is 0 Å². The summed E-state index contributed by atoms with van der Waals surface area (Å²) in [6.45, 7) is 4.53. The summed E-state index contributed by atoms with van der Waals surface area (Å²) >= 11 is 8.83. The lowest BCUT2D eigenvalue weighted by atomic mass is 9.99. The summed E-state index contributed by atoms with van der Waals surface area (Å²) < 4.78 is -1.48. The van der Waals surface area contributed by atoms with Gasteiger partial charge in [0.1, 0.15) is 72.5 Å². The van der Waals surface area contributed by atoms with Crippen LogP contribution in [0.2, 0.25) is 0 Å². The smallest absolute Gasteiger partial charge is 0.326 e. The van der Waals surface area contributed by atoms with E-state index >= 15 is 0 Å². The number of carbonyl (C=O) groups is 19. The van der Waals surface area contributed by atoms with Crippen LogP contribution < -0.4 is 109 Å². The van der Waals surface area contributed by atoms with Crippen LogP contribution in [0.25, 0.3) is 0 Å². The Morgan fingerprint density at radius 2 is 1.02 bits per heavy atom. The number of carboxylic acid groups (broad SMARTS) is 1. The number of aliphatic imine (C=N–C) groups is 1. The lowest BCUT2D eigenvalue weighted by Crippen LogP contribution is -2.64. The molecule has 2 aliphatic rings. The van der Waals surface area contributed by atoms with E-state index in [9.17, 15) is 101 Å². The van der Waals surface area contributed by atoms with Crippen molar-refractivity contribution in [2.24, 2.45) is 39.6 Å². The number of primary amides is 2. The minimum absolute atomic E-state index is 0.00915. The molecule has 4 aromatic rings. The van der Waals surface area contributed by atoms with Crippen molar-refractivity contribution in [3.05, 3.63) is 120 Å². The third-order valence-electron chi connectivity index (χ3n) is 21.0. The zero-order chi connectivity index (χ0) is 97.6. The Hall–Kier alpha value is -13.5. The number of carbonyl (C=O) groups excluding carboxylic acids is 18. The van der Waals surface area contributed by atoms with Gasteiger partial charge >= 0.3 is 5.97 Å². The Balaban J connectivity index is 1.09. The number of anilines is 1. The number of imidazole rings is 1. The first-order valence-electron chi connectivity index (χ1n) is 42.6. The molecule has 29 N–H and O–H groups in total. The largest absolute Gasteiger partial charge is 0.480 e. The van der Waals surface area contributed by atoms with E-state index in [1.807, 2.05) is 0 Å². The third kappa shape index (κ3) is 36.1. The first kappa shape index (κ1) is 107. The van der Waals surface area contributed by atoms with Crippen molar-refractivity contribution in [2.75, 3.05) is 57.3 Å². The number of aliphatic carboxylic acids is 1. The normalized spacial score (nSPS) is 16.2. The van der Waals surface area contributed by atoms with Crippen molar-refractivity contribution in [1.29, 1.82) is 0 Å². The highest BCUT2D eigenvalue weighted by molar-refractivity contribution is 7.81. The summed E-state index contributed by atoms with van der Waals surface area (Å²) in [5.74, 6) is -18.7. The fourth-order valence-electron chi connectivity index (χ4n) is 14.1. The predicted octanol–water partition coefficient (Wildman–Crippen LogP) is -7.77. The molecule has 2 saturated heterocycles. The number of guanidine groups is 1. The molecule has 1 aromatic heterocycles. The maximum Gasteiger partial charge on any atom is 0.326 e. The van der Waals surface area contributed by atoms with Gasteiger partial charge < -0.3 is 134 Å². The van der Waals surface area contributed by atoms with E-state index in [4.69, 9.17) is 34.4 Å². The molecule has 0 bridgehead atoms. The topological polar surface area (TPSA) is 737 Å². The van der Waals surface area contributed by atoms with E-state index < -0.39 is 234 Å². The Kier molecular flexibility index (Phi) is 43.0. The molecule has 3 heterocycles. The quantitative estimate of drug-likeness (QED) is 0.00642. The van der Waals surface area contributed by atoms with Gasteiger partial charge in [-0.3, -0.25) is 91.3 Å². The maximum absolute atomic E-state index is 14.9. The standard InChI is InChI=1S/C84H121N25O21S2/c1-44(2)31-53(74(121)104-58(34-48-22-24-49(85)25-23-48)81(128)109-30-13-20-60(109)78(125)105-59(42-131)77(124)103-57(36-63(88)112)72(119)96-41-67(116)108-29-14-21-61(108)82(129)130)98-65(114)39-93-64(113)38-94-71(118)54(32-46-15-8-6-9-16-46)101-75(122)56(35-50-37-91-43-97-50)99-66(115)40-95-79(126)68(45(3)110)106-80(127)69(84(4,5)132)107-76(123)55(33-47-17-10-7-11-18-47)102-73(120)52(19-12-28-92-83(89)90)100-70(117)51(86)26-27-62(87)111/h6-11,15-18,22-25,37,43-45,51-61,68-69,110,131-132H,12-14,19-21,26-36,38-42,85-86H2,1-5H3,(H2,87,111)(H2,88,112)(H,91,97)(H,93,113)(H,94,118)(H,95,126)(H,96,119)(H,98,114)(H,99,115)(H,100,117)(H,101,122)(H,102,120)(H,103,124)(H,104,121)(H,105,125)(H,106,127)(H,107,123)(H,129,130)(H4,89,90,92)/t45-,51+,52+,53+,54+,55+,56+,57+,58+,59+,60+,61+,68+,69-/m1/s1. The number of nitrogens with zero attached hydrogens (tertiary/aromatic N) is 4. The van der Waals surface area contributed by atoms with Gasteiger partial charge in [0.15, 0.2) is 5.96 Å². The van der Waals surface area contributed by atoms with Crippen LogP contribution in [0.5, 0.6) is 0 Å². The molecule has 48 heteroatoms. The highest BCUT2D eigenvalue weighted by Crippen LogP contribution is 2.24. The number of hydrogen-bond acceptors (Lipinski definition) is 26. The summed E-state index contributed by atoms with van der Waals surface area (Å²) in [6.07, 6.45) is -0.0694. The molecule has 6 rings (SSSR count). The number of aromatic amines is 1. The van der Waals surface area contributed by atoms with E-state index in [1.165, 1.54) is 31.3 Å². The van der Waals surface area contributed by atoms with Crippen molar-refractivity contribution < 1.29 is 101 Å². The van der Waals surface area contributed by atoms with Gasteiger partial charge in [0.25, 0.3) is 0 Å². The van der Waals surface area contributed by atoms with Crippen LogP contribution in [0.3, 0.4) is 0 Å². The van der Waals surface area contributed by atoms with E-state index in [0.717, 1.165) is 11.8 Å². The number of nitrogens with two attached hydrogens (primary N) is 6. The molecule has 0 radical (unpaired) electrons. The first-order chi connectivity index (χ1) is 62.4. The molecule has 0 saturated carbocycles.